The van der Waals surface area contributed by atoms with Crippen LogP contribution >= 0.6 is 11.3 Å². The molecular weight excluding hydrogens is 330 g/mol. The number of thiophene rings is 1. The zero-order valence-electron chi connectivity index (χ0n) is 13.6. The predicted molar refractivity (Wildman–Crippen MR) is 92.4 cm³/mol. The van der Waals surface area contributed by atoms with Crippen LogP contribution in [0.1, 0.15) is 48.1 Å². The first-order valence-corrected chi connectivity index (χ1v) is 9.53. The molecule has 0 aliphatic heterocycles. The standard InChI is InChI=1S/C18H22F2N2OS/c1-10(21-9-12-8-18(12,19)20)15-13-4-2-3-5-14(13)24-17(15)22-16(23)11-6-7-11/h11-12,21H,1-9H2,(H,22,23). The number of alkyl halides is 2. The van der Waals surface area contributed by atoms with Gasteiger partial charge in [-0.1, -0.05) is 6.58 Å². The highest BCUT2D eigenvalue weighted by atomic mass is 32.1. The molecule has 1 heterocycles. The van der Waals surface area contributed by atoms with E-state index in [1.54, 1.807) is 11.3 Å². The minimum atomic E-state index is -2.52. The van der Waals surface area contributed by atoms with Crippen LogP contribution < -0.4 is 10.6 Å². The van der Waals surface area contributed by atoms with Gasteiger partial charge in [0.2, 0.25) is 5.91 Å². The van der Waals surface area contributed by atoms with Crippen molar-refractivity contribution in [2.24, 2.45) is 11.8 Å². The summed E-state index contributed by atoms with van der Waals surface area (Å²) in [6.45, 7) is 4.32. The van der Waals surface area contributed by atoms with E-state index in [2.05, 4.69) is 17.2 Å². The van der Waals surface area contributed by atoms with Gasteiger partial charge in [0, 0.05) is 40.9 Å². The smallest absolute Gasteiger partial charge is 0.253 e. The summed E-state index contributed by atoms with van der Waals surface area (Å²) in [5, 5.41) is 7.00. The molecule has 1 aromatic heterocycles. The second-order valence-electron chi connectivity index (χ2n) is 7.20. The predicted octanol–water partition coefficient (Wildman–Crippen LogP) is 4.19. The Labute approximate surface area is 144 Å². The van der Waals surface area contributed by atoms with E-state index >= 15 is 0 Å². The van der Waals surface area contributed by atoms with Crippen LogP contribution in [-0.2, 0) is 17.6 Å². The average molecular weight is 352 g/mol. The summed E-state index contributed by atoms with van der Waals surface area (Å²) in [5.41, 5.74) is 2.87. The molecule has 2 saturated carbocycles. The van der Waals surface area contributed by atoms with E-state index in [-0.39, 0.29) is 24.8 Å². The van der Waals surface area contributed by atoms with E-state index in [0.717, 1.165) is 49.1 Å². The molecular formula is C18H22F2N2OS. The van der Waals surface area contributed by atoms with Crippen LogP contribution in [-0.4, -0.2) is 18.4 Å². The van der Waals surface area contributed by atoms with Gasteiger partial charge in [-0.3, -0.25) is 4.79 Å². The number of anilines is 1. The number of aryl methyl sites for hydroxylation is 1. The summed E-state index contributed by atoms with van der Waals surface area (Å²) in [5.74, 6) is -2.89. The maximum absolute atomic E-state index is 13.1. The van der Waals surface area contributed by atoms with Gasteiger partial charge in [-0.25, -0.2) is 8.78 Å². The molecule has 0 bridgehead atoms. The van der Waals surface area contributed by atoms with Gasteiger partial charge in [-0.2, -0.15) is 0 Å². The van der Waals surface area contributed by atoms with Gasteiger partial charge >= 0.3 is 0 Å². The Bertz CT molecular complexity index is 693. The lowest BCUT2D eigenvalue weighted by atomic mass is 9.94. The number of halogens is 2. The third kappa shape index (κ3) is 3.08. The molecule has 0 aromatic carbocycles. The normalized spacial score (nSPS) is 24.2. The van der Waals surface area contributed by atoms with Crippen LogP contribution in [0.3, 0.4) is 0 Å². The second-order valence-corrected chi connectivity index (χ2v) is 8.31. The third-order valence-electron chi connectivity index (χ3n) is 5.18. The molecule has 1 amide bonds. The van der Waals surface area contributed by atoms with Gasteiger partial charge in [0.1, 0.15) is 5.00 Å². The van der Waals surface area contributed by atoms with Crippen LogP contribution in [0.2, 0.25) is 0 Å². The topological polar surface area (TPSA) is 41.1 Å². The molecule has 130 valence electrons. The van der Waals surface area contributed by atoms with Gasteiger partial charge in [0.25, 0.3) is 5.92 Å². The number of carbonyl (C=O) groups excluding carboxylic acids is 1. The molecule has 1 aromatic rings. The van der Waals surface area contributed by atoms with Crippen LogP contribution in [0.5, 0.6) is 0 Å². The van der Waals surface area contributed by atoms with E-state index in [1.165, 1.54) is 10.4 Å². The van der Waals surface area contributed by atoms with E-state index in [0.29, 0.717) is 5.70 Å². The van der Waals surface area contributed by atoms with Gasteiger partial charge in [-0.15, -0.1) is 11.3 Å². The fourth-order valence-electron chi connectivity index (χ4n) is 3.36. The summed E-state index contributed by atoms with van der Waals surface area (Å²) >= 11 is 1.63. The molecule has 3 aliphatic rings. The number of nitrogens with one attached hydrogen (secondary N) is 2. The Morgan fingerprint density at radius 2 is 2.00 bits per heavy atom. The van der Waals surface area contributed by atoms with E-state index in [1.807, 2.05) is 0 Å². The zero-order chi connectivity index (χ0) is 16.9. The first-order valence-electron chi connectivity index (χ1n) is 8.72. The quantitative estimate of drug-likeness (QED) is 0.806. The number of carbonyl (C=O) groups is 1. The summed E-state index contributed by atoms with van der Waals surface area (Å²) < 4.78 is 26.2. The van der Waals surface area contributed by atoms with Crippen LogP contribution in [0.25, 0.3) is 5.70 Å². The van der Waals surface area contributed by atoms with E-state index < -0.39 is 11.8 Å². The molecule has 24 heavy (non-hydrogen) atoms. The lowest BCUT2D eigenvalue weighted by molar-refractivity contribution is -0.117. The molecule has 0 spiro atoms. The van der Waals surface area contributed by atoms with Crippen molar-refractivity contribution in [2.45, 2.75) is 50.9 Å². The molecule has 0 radical (unpaired) electrons. The van der Waals surface area contributed by atoms with Crippen molar-refractivity contribution in [3.8, 4) is 0 Å². The Balaban J connectivity index is 1.53. The SMILES string of the molecule is C=C(NCC1CC1(F)F)c1c(NC(=O)C2CC2)sc2c1CCCC2. The number of hydrogen-bond donors (Lipinski definition) is 2. The Hall–Kier alpha value is -1.43. The minimum Gasteiger partial charge on any atom is -0.384 e. The van der Waals surface area contributed by atoms with Crippen LogP contribution in [0, 0.1) is 11.8 Å². The monoisotopic (exact) mass is 352 g/mol. The first-order chi connectivity index (χ1) is 11.5. The van der Waals surface area contributed by atoms with Crippen molar-refractivity contribution in [2.75, 3.05) is 11.9 Å². The molecule has 1 unspecified atom stereocenters. The number of amides is 1. The summed E-state index contributed by atoms with van der Waals surface area (Å²) in [7, 11) is 0. The van der Waals surface area contributed by atoms with Gasteiger partial charge in [0.15, 0.2) is 0 Å². The molecule has 6 heteroatoms. The molecule has 1 atom stereocenters. The second kappa shape index (κ2) is 5.83. The molecule has 3 aliphatic carbocycles. The lowest BCUT2D eigenvalue weighted by Crippen LogP contribution is -2.20. The van der Waals surface area contributed by atoms with Gasteiger partial charge < -0.3 is 10.6 Å². The van der Waals surface area contributed by atoms with Crippen molar-refractivity contribution >= 4 is 27.9 Å². The van der Waals surface area contributed by atoms with E-state index in [9.17, 15) is 13.6 Å². The van der Waals surface area contributed by atoms with Gasteiger partial charge in [-0.05, 0) is 44.1 Å². The number of rotatable bonds is 6. The average Bonchev–Trinajstić information content (AvgIpc) is 3.43. The molecule has 2 fully saturated rings. The Kier molecular flexibility index (Phi) is 3.90. The zero-order valence-corrected chi connectivity index (χ0v) is 14.4. The highest BCUT2D eigenvalue weighted by molar-refractivity contribution is 7.16. The molecule has 4 rings (SSSR count). The summed E-state index contributed by atoms with van der Waals surface area (Å²) in [6, 6.07) is 0. The first kappa shape index (κ1) is 16.1. The number of fused-ring (bicyclic) bond motifs is 1. The third-order valence-corrected chi connectivity index (χ3v) is 6.38. The molecule has 2 N–H and O–H groups in total. The molecule has 0 saturated heterocycles. The maximum Gasteiger partial charge on any atom is 0.253 e. The highest BCUT2D eigenvalue weighted by Crippen LogP contribution is 2.48. The lowest BCUT2D eigenvalue weighted by Gasteiger charge is -2.16. The highest BCUT2D eigenvalue weighted by Gasteiger charge is 2.56. The maximum atomic E-state index is 13.1. The summed E-state index contributed by atoms with van der Waals surface area (Å²) in [6.07, 6.45) is 6.17. The van der Waals surface area contributed by atoms with Crippen molar-refractivity contribution in [3.05, 3.63) is 22.6 Å². The fraction of sp³-hybridized carbons (Fsp3) is 0.611. The van der Waals surface area contributed by atoms with E-state index in [4.69, 9.17) is 0 Å². The summed E-state index contributed by atoms with van der Waals surface area (Å²) in [4.78, 5) is 13.5. The van der Waals surface area contributed by atoms with Crippen LogP contribution in [0.15, 0.2) is 6.58 Å². The largest absolute Gasteiger partial charge is 0.384 e. The van der Waals surface area contributed by atoms with Gasteiger partial charge in [0.05, 0.1) is 0 Å². The number of hydrogen-bond acceptors (Lipinski definition) is 3. The Morgan fingerprint density at radius 1 is 1.29 bits per heavy atom. The molecule has 3 nitrogen and oxygen atoms in total. The minimum absolute atomic E-state index is 0.0414. The van der Waals surface area contributed by atoms with Crippen molar-refractivity contribution in [1.82, 2.24) is 5.32 Å². The van der Waals surface area contributed by atoms with Crippen molar-refractivity contribution in [1.29, 1.82) is 0 Å². The van der Waals surface area contributed by atoms with Crippen LogP contribution in [0.4, 0.5) is 13.8 Å². The fourth-order valence-corrected chi connectivity index (χ4v) is 4.68. The van der Waals surface area contributed by atoms with Crippen molar-refractivity contribution in [3.63, 3.8) is 0 Å². The Morgan fingerprint density at radius 3 is 2.67 bits per heavy atom. The van der Waals surface area contributed by atoms with Crippen molar-refractivity contribution < 1.29 is 13.6 Å².